The van der Waals surface area contributed by atoms with E-state index in [2.05, 4.69) is 10.5 Å². The standard InChI is InChI=1S/C23H18Cl2N2O4/c1-15(30-18-12-8-17(24)9-13-18)22(28)27-26-14-16-6-10-19(11-7-16)31-23(29)20-4-2-3-5-21(20)25/h2-15H,1H3,(H,27,28)/b26-14+. The minimum Gasteiger partial charge on any atom is -0.481 e. The number of carbonyl (C=O) groups is 2. The molecule has 0 fully saturated rings. The summed E-state index contributed by atoms with van der Waals surface area (Å²) in [5.74, 6) is -0.0699. The average Bonchev–Trinajstić information content (AvgIpc) is 2.76. The van der Waals surface area contributed by atoms with Crippen LogP contribution in [0, 0.1) is 0 Å². The summed E-state index contributed by atoms with van der Waals surface area (Å²) in [4.78, 5) is 24.3. The lowest BCUT2D eigenvalue weighted by Gasteiger charge is -2.12. The van der Waals surface area contributed by atoms with Crippen LogP contribution in [0.3, 0.4) is 0 Å². The fourth-order valence-electron chi connectivity index (χ4n) is 2.44. The Balaban J connectivity index is 1.51. The van der Waals surface area contributed by atoms with Crippen molar-refractivity contribution >= 4 is 41.3 Å². The molecule has 0 aliphatic carbocycles. The summed E-state index contributed by atoms with van der Waals surface area (Å²) in [7, 11) is 0. The number of esters is 1. The number of amides is 1. The summed E-state index contributed by atoms with van der Waals surface area (Å²) >= 11 is 11.8. The molecule has 0 bridgehead atoms. The molecule has 1 atom stereocenters. The Morgan fingerprint density at radius 1 is 0.935 bits per heavy atom. The van der Waals surface area contributed by atoms with Gasteiger partial charge in [-0.05, 0) is 73.2 Å². The Morgan fingerprint density at radius 3 is 2.26 bits per heavy atom. The van der Waals surface area contributed by atoms with Crippen LogP contribution < -0.4 is 14.9 Å². The predicted octanol–water partition coefficient (Wildman–Crippen LogP) is 5.13. The minimum atomic E-state index is -0.745. The second-order valence-corrected chi connectivity index (χ2v) is 7.23. The maximum absolute atomic E-state index is 12.2. The zero-order valence-electron chi connectivity index (χ0n) is 16.4. The molecule has 3 aromatic carbocycles. The molecular formula is C23H18Cl2N2O4. The Bertz CT molecular complexity index is 1080. The van der Waals surface area contributed by atoms with E-state index in [1.807, 2.05) is 0 Å². The van der Waals surface area contributed by atoms with Crippen LogP contribution in [0.4, 0.5) is 0 Å². The Labute approximate surface area is 189 Å². The third-order valence-electron chi connectivity index (χ3n) is 4.07. The molecular weight excluding hydrogens is 439 g/mol. The average molecular weight is 457 g/mol. The van der Waals surface area contributed by atoms with Gasteiger partial charge >= 0.3 is 5.97 Å². The number of hydrogen-bond acceptors (Lipinski definition) is 5. The maximum Gasteiger partial charge on any atom is 0.345 e. The maximum atomic E-state index is 12.2. The number of ether oxygens (including phenoxy) is 2. The smallest absolute Gasteiger partial charge is 0.345 e. The zero-order valence-corrected chi connectivity index (χ0v) is 17.9. The number of hydrogen-bond donors (Lipinski definition) is 1. The van der Waals surface area contributed by atoms with Crippen molar-refractivity contribution < 1.29 is 19.1 Å². The van der Waals surface area contributed by atoms with E-state index in [0.717, 1.165) is 0 Å². The van der Waals surface area contributed by atoms with Crippen molar-refractivity contribution in [3.05, 3.63) is 94.0 Å². The lowest BCUT2D eigenvalue weighted by atomic mass is 10.2. The molecule has 1 unspecified atom stereocenters. The van der Waals surface area contributed by atoms with Crippen molar-refractivity contribution in [1.82, 2.24) is 5.43 Å². The molecule has 0 radical (unpaired) electrons. The van der Waals surface area contributed by atoms with Crippen molar-refractivity contribution in [3.63, 3.8) is 0 Å². The minimum absolute atomic E-state index is 0.285. The van der Waals surface area contributed by atoms with Crippen molar-refractivity contribution in [3.8, 4) is 11.5 Å². The van der Waals surface area contributed by atoms with E-state index >= 15 is 0 Å². The van der Waals surface area contributed by atoms with Gasteiger partial charge < -0.3 is 9.47 Å². The van der Waals surface area contributed by atoms with Gasteiger partial charge in [-0.1, -0.05) is 35.3 Å². The quantitative estimate of drug-likeness (QED) is 0.231. The molecule has 0 heterocycles. The van der Waals surface area contributed by atoms with Gasteiger partial charge in [0.2, 0.25) is 0 Å². The first-order valence-corrected chi connectivity index (χ1v) is 10.00. The second-order valence-electron chi connectivity index (χ2n) is 6.39. The van der Waals surface area contributed by atoms with Crippen molar-refractivity contribution in [1.29, 1.82) is 0 Å². The van der Waals surface area contributed by atoms with Crippen LogP contribution in [0.5, 0.6) is 11.5 Å². The molecule has 3 aromatic rings. The highest BCUT2D eigenvalue weighted by atomic mass is 35.5. The number of hydrazone groups is 1. The number of carbonyl (C=O) groups excluding carboxylic acids is 2. The van der Waals surface area contributed by atoms with Gasteiger partial charge in [0.25, 0.3) is 5.91 Å². The normalized spacial score (nSPS) is 11.7. The molecule has 0 aliphatic rings. The van der Waals surface area contributed by atoms with Crippen molar-refractivity contribution in [2.45, 2.75) is 13.0 Å². The van der Waals surface area contributed by atoms with E-state index in [-0.39, 0.29) is 5.56 Å². The largest absolute Gasteiger partial charge is 0.481 e. The first-order chi connectivity index (χ1) is 14.9. The summed E-state index contributed by atoms with van der Waals surface area (Å²) in [5, 5.41) is 4.82. The molecule has 1 amide bonds. The fraction of sp³-hybridized carbons (Fsp3) is 0.0870. The van der Waals surface area contributed by atoms with Crippen LogP contribution in [0.15, 0.2) is 77.9 Å². The summed E-state index contributed by atoms with van der Waals surface area (Å²) in [6.07, 6.45) is 0.719. The highest BCUT2D eigenvalue weighted by Crippen LogP contribution is 2.19. The first-order valence-electron chi connectivity index (χ1n) is 9.24. The lowest BCUT2D eigenvalue weighted by molar-refractivity contribution is -0.127. The van der Waals surface area contributed by atoms with E-state index in [1.165, 1.54) is 6.21 Å². The molecule has 0 aliphatic heterocycles. The number of nitrogens with zero attached hydrogens (tertiary/aromatic N) is 1. The third-order valence-corrected chi connectivity index (χ3v) is 4.65. The van der Waals surface area contributed by atoms with Gasteiger partial charge in [0.05, 0.1) is 16.8 Å². The first kappa shape index (κ1) is 22.3. The Kier molecular flexibility index (Phi) is 7.65. The topological polar surface area (TPSA) is 77.0 Å². The number of nitrogens with one attached hydrogen (secondary N) is 1. The summed E-state index contributed by atoms with van der Waals surface area (Å²) in [5.41, 5.74) is 3.40. The van der Waals surface area contributed by atoms with Crippen LogP contribution in [0.1, 0.15) is 22.8 Å². The van der Waals surface area contributed by atoms with Gasteiger partial charge in [0.1, 0.15) is 11.5 Å². The Morgan fingerprint density at radius 2 is 1.58 bits per heavy atom. The lowest BCUT2D eigenvalue weighted by Crippen LogP contribution is -2.33. The predicted molar refractivity (Wildman–Crippen MR) is 120 cm³/mol. The number of benzene rings is 3. The number of rotatable bonds is 7. The van der Waals surface area contributed by atoms with E-state index in [9.17, 15) is 9.59 Å². The monoisotopic (exact) mass is 456 g/mol. The van der Waals surface area contributed by atoms with Gasteiger partial charge in [-0.2, -0.15) is 5.10 Å². The van der Waals surface area contributed by atoms with Crippen LogP contribution >= 0.6 is 23.2 Å². The van der Waals surface area contributed by atoms with Crippen LogP contribution in [-0.2, 0) is 4.79 Å². The van der Waals surface area contributed by atoms with Gasteiger partial charge in [-0.15, -0.1) is 0 Å². The SMILES string of the molecule is CC(Oc1ccc(Cl)cc1)C(=O)N/N=C/c1ccc(OC(=O)c2ccccc2Cl)cc1. The zero-order chi connectivity index (χ0) is 22.2. The molecule has 0 saturated carbocycles. The van der Waals surface area contributed by atoms with Crippen molar-refractivity contribution in [2.24, 2.45) is 5.10 Å². The molecule has 0 saturated heterocycles. The number of halogens is 2. The van der Waals surface area contributed by atoms with E-state index in [0.29, 0.717) is 27.1 Å². The molecule has 0 aromatic heterocycles. The summed E-state index contributed by atoms with van der Waals surface area (Å²) in [6, 6.07) is 20.0. The van der Waals surface area contributed by atoms with Gasteiger partial charge in [0.15, 0.2) is 6.10 Å². The summed E-state index contributed by atoms with van der Waals surface area (Å²) in [6.45, 7) is 1.61. The third kappa shape index (κ3) is 6.57. The second kappa shape index (κ2) is 10.6. The van der Waals surface area contributed by atoms with Crippen LogP contribution in [0.2, 0.25) is 10.0 Å². The highest BCUT2D eigenvalue weighted by molar-refractivity contribution is 6.33. The molecule has 1 N–H and O–H groups in total. The molecule has 0 spiro atoms. The molecule has 31 heavy (non-hydrogen) atoms. The van der Waals surface area contributed by atoms with Crippen molar-refractivity contribution in [2.75, 3.05) is 0 Å². The van der Waals surface area contributed by atoms with Crippen LogP contribution in [0.25, 0.3) is 0 Å². The van der Waals surface area contributed by atoms with Crippen LogP contribution in [-0.4, -0.2) is 24.2 Å². The van der Waals surface area contributed by atoms with E-state index in [4.69, 9.17) is 32.7 Å². The van der Waals surface area contributed by atoms with Gasteiger partial charge in [-0.3, -0.25) is 4.79 Å². The Hall–Kier alpha value is -3.35. The highest BCUT2D eigenvalue weighted by Gasteiger charge is 2.14. The van der Waals surface area contributed by atoms with Gasteiger partial charge in [0, 0.05) is 5.02 Å². The molecule has 6 nitrogen and oxygen atoms in total. The van der Waals surface area contributed by atoms with Gasteiger partial charge in [-0.25, -0.2) is 10.2 Å². The molecule has 158 valence electrons. The van der Waals surface area contributed by atoms with E-state index < -0.39 is 18.0 Å². The molecule has 8 heteroatoms. The summed E-state index contributed by atoms with van der Waals surface area (Å²) < 4.78 is 10.8. The molecule has 3 rings (SSSR count). The van der Waals surface area contributed by atoms with E-state index in [1.54, 1.807) is 79.7 Å². The fourth-order valence-corrected chi connectivity index (χ4v) is 2.78.